The number of nitrogens with two attached hydrogens (primary N) is 1. The zero-order chi connectivity index (χ0) is 9.31. The lowest BCUT2D eigenvalue weighted by molar-refractivity contribution is 0.0800. The number of ketones is 1. The van der Waals surface area contributed by atoms with Gasteiger partial charge in [0.1, 0.15) is 6.33 Å². The fraction of sp³-hybridized carbons (Fsp3) is 0.444. The van der Waals surface area contributed by atoms with Crippen molar-refractivity contribution in [1.82, 2.24) is 9.97 Å². The molecule has 2 rings (SSSR count). The average Bonchev–Trinajstić information content (AvgIpc) is 2.14. The van der Waals surface area contributed by atoms with Gasteiger partial charge in [0.15, 0.2) is 5.78 Å². The molecular formula is C9H11N3O. The first kappa shape index (κ1) is 8.31. The second-order valence-electron chi connectivity index (χ2n) is 3.47. The molecule has 4 nitrogen and oxygen atoms in total. The molecule has 0 unspecified atom stereocenters. The van der Waals surface area contributed by atoms with E-state index in [0.29, 0.717) is 5.56 Å². The van der Waals surface area contributed by atoms with Crippen LogP contribution in [0, 0.1) is 0 Å². The normalized spacial score (nSPS) is 19.2. The van der Waals surface area contributed by atoms with Gasteiger partial charge in [-0.3, -0.25) is 4.79 Å². The van der Waals surface area contributed by atoms with Gasteiger partial charge in [0.05, 0.1) is 11.1 Å². The van der Waals surface area contributed by atoms with Gasteiger partial charge < -0.3 is 5.73 Å². The fourth-order valence-corrected chi connectivity index (χ4v) is 1.49. The van der Waals surface area contributed by atoms with Crippen molar-refractivity contribution in [2.45, 2.75) is 24.8 Å². The fourth-order valence-electron chi connectivity index (χ4n) is 1.49. The summed E-state index contributed by atoms with van der Waals surface area (Å²) in [7, 11) is 0. The maximum atomic E-state index is 11.7. The lowest BCUT2D eigenvalue weighted by atomic mass is 9.73. The minimum atomic E-state index is -0.634. The van der Waals surface area contributed by atoms with Gasteiger partial charge in [-0.25, -0.2) is 9.97 Å². The molecule has 68 valence electrons. The molecular weight excluding hydrogens is 166 g/mol. The Labute approximate surface area is 76.2 Å². The van der Waals surface area contributed by atoms with Crippen molar-refractivity contribution in [2.75, 3.05) is 0 Å². The van der Waals surface area contributed by atoms with E-state index in [0.717, 1.165) is 19.3 Å². The number of Topliss-reactive ketones (excluding diaryl/α,β-unsaturated/α-hetero) is 1. The summed E-state index contributed by atoms with van der Waals surface area (Å²) in [5.41, 5.74) is 5.76. The van der Waals surface area contributed by atoms with Crippen LogP contribution in [-0.4, -0.2) is 21.3 Å². The van der Waals surface area contributed by atoms with E-state index < -0.39 is 5.54 Å². The van der Waals surface area contributed by atoms with Crippen molar-refractivity contribution < 1.29 is 4.79 Å². The average molecular weight is 177 g/mol. The van der Waals surface area contributed by atoms with Crippen LogP contribution >= 0.6 is 0 Å². The lowest BCUT2D eigenvalue weighted by Crippen LogP contribution is -2.53. The third kappa shape index (κ3) is 1.33. The second-order valence-corrected chi connectivity index (χ2v) is 3.47. The second kappa shape index (κ2) is 2.88. The van der Waals surface area contributed by atoms with E-state index in [2.05, 4.69) is 9.97 Å². The Hall–Kier alpha value is -1.29. The Balaban J connectivity index is 2.23. The van der Waals surface area contributed by atoms with Gasteiger partial charge in [-0.05, 0) is 19.3 Å². The smallest absolute Gasteiger partial charge is 0.185 e. The van der Waals surface area contributed by atoms with Gasteiger partial charge in [0, 0.05) is 12.4 Å². The SMILES string of the molecule is NC1(C(=O)c2cncnc2)CCC1. The maximum Gasteiger partial charge on any atom is 0.185 e. The summed E-state index contributed by atoms with van der Waals surface area (Å²) in [4.78, 5) is 19.3. The Bertz CT molecular complexity index is 319. The number of hydrogen-bond acceptors (Lipinski definition) is 4. The largest absolute Gasteiger partial charge is 0.319 e. The van der Waals surface area contributed by atoms with Crippen molar-refractivity contribution in [3.8, 4) is 0 Å². The van der Waals surface area contributed by atoms with Crippen LogP contribution in [0.3, 0.4) is 0 Å². The summed E-state index contributed by atoms with van der Waals surface area (Å²) >= 11 is 0. The molecule has 2 N–H and O–H groups in total. The molecule has 1 aliphatic rings. The number of nitrogens with zero attached hydrogens (tertiary/aromatic N) is 2. The zero-order valence-electron chi connectivity index (χ0n) is 7.23. The Morgan fingerprint density at radius 3 is 2.46 bits per heavy atom. The standard InChI is InChI=1S/C9H11N3O/c10-9(2-1-3-9)8(13)7-4-11-6-12-5-7/h4-6H,1-3,10H2. The van der Waals surface area contributed by atoms with E-state index in [1.807, 2.05) is 0 Å². The molecule has 1 fully saturated rings. The minimum Gasteiger partial charge on any atom is -0.319 e. The van der Waals surface area contributed by atoms with Crippen molar-refractivity contribution in [2.24, 2.45) is 5.73 Å². The van der Waals surface area contributed by atoms with Crippen molar-refractivity contribution >= 4 is 5.78 Å². The molecule has 0 bridgehead atoms. The molecule has 0 aliphatic heterocycles. The summed E-state index contributed by atoms with van der Waals surface area (Å²) in [6, 6.07) is 0. The topological polar surface area (TPSA) is 68.9 Å². The maximum absolute atomic E-state index is 11.7. The lowest BCUT2D eigenvalue weighted by Gasteiger charge is -2.36. The molecule has 0 saturated heterocycles. The number of aromatic nitrogens is 2. The van der Waals surface area contributed by atoms with Gasteiger partial charge >= 0.3 is 0 Å². The summed E-state index contributed by atoms with van der Waals surface area (Å²) in [6.07, 6.45) is 7.03. The first-order chi connectivity index (χ1) is 6.22. The Morgan fingerprint density at radius 2 is 2.00 bits per heavy atom. The Kier molecular flexibility index (Phi) is 1.84. The number of carbonyl (C=O) groups excluding carboxylic acids is 1. The highest BCUT2D eigenvalue weighted by molar-refractivity contribution is 6.03. The highest BCUT2D eigenvalue weighted by atomic mass is 16.1. The van der Waals surface area contributed by atoms with E-state index in [9.17, 15) is 4.79 Å². The minimum absolute atomic E-state index is 0.0284. The van der Waals surface area contributed by atoms with E-state index in [4.69, 9.17) is 5.73 Å². The van der Waals surface area contributed by atoms with Crippen LogP contribution < -0.4 is 5.73 Å². The zero-order valence-corrected chi connectivity index (χ0v) is 7.23. The highest BCUT2D eigenvalue weighted by Crippen LogP contribution is 2.31. The number of hydrogen-bond donors (Lipinski definition) is 1. The van der Waals surface area contributed by atoms with Crippen LogP contribution in [0.1, 0.15) is 29.6 Å². The monoisotopic (exact) mass is 177 g/mol. The van der Waals surface area contributed by atoms with Crippen LogP contribution in [0.15, 0.2) is 18.7 Å². The first-order valence-electron chi connectivity index (χ1n) is 4.31. The molecule has 0 spiro atoms. The van der Waals surface area contributed by atoms with Gasteiger partial charge in [-0.15, -0.1) is 0 Å². The van der Waals surface area contributed by atoms with Gasteiger partial charge in [0.2, 0.25) is 0 Å². The van der Waals surface area contributed by atoms with Gasteiger partial charge in [0.25, 0.3) is 0 Å². The van der Waals surface area contributed by atoms with Crippen LogP contribution in [0.25, 0.3) is 0 Å². The van der Waals surface area contributed by atoms with Crippen molar-refractivity contribution in [3.05, 3.63) is 24.3 Å². The molecule has 0 atom stereocenters. The quantitative estimate of drug-likeness (QED) is 0.669. The van der Waals surface area contributed by atoms with Crippen LogP contribution in [0.2, 0.25) is 0 Å². The molecule has 1 aromatic heterocycles. The van der Waals surface area contributed by atoms with E-state index in [-0.39, 0.29) is 5.78 Å². The molecule has 0 aromatic carbocycles. The predicted octanol–water partition coefficient (Wildman–Crippen LogP) is 0.541. The highest BCUT2D eigenvalue weighted by Gasteiger charge is 2.40. The molecule has 13 heavy (non-hydrogen) atoms. The molecule has 0 radical (unpaired) electrons. The van der Waals surface area contributed by atoms with Crippen LogP contribution in [0.4, 0.5) is 0 Å². The Morgan fingerprint density at radius 1 is 1.38 bits per heavy atom. The summed E-state index contributed by atoms with van der Waals surface area (Å²) in [5, 5.41) is 0. The van der Waals surface area contributed by atoms with Gasteiger partial charge in [-0.2, -0.15) is 0 Å². The molecule has 0 amide bonds. The van der Waals surface area contributed by atoms with Crippen molar-refractivity contribution in [1.29, 1.82) is 0 Å². The summed E-state index contributed by atoms with van der Waals surface area (Å²) in [6.45, 7) is 0. The molecule has 1 heterocycles. The van der Waals surface area contributed by atoms with Gasteiger partial charge in [-0.1, -0.05) is 0 Å². The molecule has 1 aromatic rings. The summed E-state index contributed by atoms with van der Waals surface area (Å²) < 4.78 is 0. The summed E-state index contributed by atoms with van der Waals surface area (Å²) in [5.74, 6) is -0.0284. The predicted molar refractivity (Wildman–Crippen MR) is 47.1 cm³/mol. The molecule has 4 heteroatoms. The van der Waals surface area contributed by atoms with E-state index in [1.54, 1.807) is 0 Å². The first-order valence-corrected chi connectivity index (χ1v) is 4.31. The third-order valence-electron chi connectivity index (χ3n) is 2.52. The van der Waals surface area contributed by atoms with Crippen LogP contribution in [-0.2, 0) is 0 Å². The molecule has 1 saturated carbocycles. The van der Waals surface area contributed by atoms with E-state index >= 15 is 0 Å². The van der Waals surface area contributed by atoms with Crippen molar-refractivity contribution in [3.63, 3.8) is 0 Å². The number of carbonyl (C=O) groups is 1. The number of rotatable bonds is 2. The third-order valence-corrected chi connectivity index (χ3v) is 2.52. The van der Waals surface area contributed by atoms with E-state index in [1.165, 1.54) is 18.7 Å². The van der Waals surface area contributed by atoms with Crippen LogP contribution in [0.5, 0.6) is 0 Å². The molecule has 1 aliphatic carbocycles.